The molecule has 0 aliphatic rings. The molecule has 0 aliphatic carbocycles. The average molecular weight is 468 g/mol. The molecule has 9 nitrogen and oxygen atoms in total. The minimum Gasteiger partial charge on any atom is -0.461 e. The molecule has 2 amide bonds. The first kappa shape index (κ1) is 26.0. The number of hydrogen-bond donors (Lipinski definition) is 3. The molecule has 9 heteroatoms. The highest BCUT2D eigenvalue weighted by Crippen LogP contribution is 2.20. The van der Waals surface area contributed by atoms with Gasteiger partial charge < -0.3 is 24.8 Å². The number of nitrogens with one attached hydrogen (secondary N) is 3. The van der Waals surface area contributed by atoms with E-state index in [9.17, 15) is 14.4 Å². The van der Waals surface area contributed by atoms with Crippen molar-refractivity contribution in [3.63, 3.8) is 0 Å². The number of benzene rings is 2. The smallest absolute Gasteiger partial charge is 0.411 e. The molecule has 3 N–H and O–H groups in total. The third-order valence-corrected chi connectivity index (χ3v) is 4.44. The maximum absolute atomic E-state index is 12.2. The van der Waals surface area contributed by atoms with Crippen molar-refractivity contribution < 1.29 is 28.6 Å². The topological polar surface area (TPSA) is 115 Å². The summed E-state index contributed by atoms with van der Waals surface area (Å²) in [5.74, 6) is -0.443. The summed E-state index contributed by atoms with van der Waals surface area (Å²) in [5, 5.41) is 8.07. The van der Waals surface area contributed by atoms with Gasteiger partial charge in [-0.25, -0.2) is 9.59 Å². The summed E-state index contributed by atoms with van der Waals surface area (Å²) in [7, 11) is 3.33. The number of anilines is 2. The van der Waals surface area contributed by atoms with Gasteiger partial charge in [0.15, 0.2) is 0 Å². The maximum atomic E-state index is 12.2. The minimum absolute atomic E-state index is 0.0239. The van der Waals surface area contributed by atoms with Gasteiger partial charge in [-0.15, -0.1) is 0 Å². The lowest BCUT2D eigenvalue weighted by Crippen LogP contribution is -2.18. The van der Waals surface area contributed by atoms with Crippen LogP contribution in [0.5, 0.6) is 0 Å². The van der Waals surface area contributed by atoms with Gasteiger partial charge in [0, 0.05) is 32.3 Å². The third kappa shape index (κ3) is 9.47. The van der Waals surface area contributed by atoms with E-state index in [1.807, 2.05) is 37.4 Å². The summed E-state index contributed by atoms with van der Waals surface area (Å²) in [6, 6.07) is 13.0. The summed E-state index contributed by atoms with van der Waals surface area (Å²) < 4.78 is 15.2. The van der Waals surface area contributed by atoms with Gasteiger partial charge in [0.25, 0.3) is 0 Å². The van der Waals surface area contributed by atoms with E-state index in [0.717, 1.165) is 16.8 Å². The predicted molar refractivity (Wildman–Crippen MR) is 131 cm³/mol. The molecule has 2 aromatic rings. The Morgan fingerprint density at radius 2 is 1.44 bits per heavy atom. The molecule has 2 rings (SSSR count). The number of hydrogen-bond acceptors (Lipinski definition) is 7. The van der Waals surface area contributed by atoms with Crippen LogP contribution in [0.3, 0.4) is 0 Å². The summed E-state index contributed by atoms with van der Waals surface area (Å²) in [5.41, 5.74) is 3.80. The van der Waals surface area contributed by atoms with Gasteiger partial charge in [0.1, 0.15) is 19.8 Å². The lowest BCUT2D eigenvalue weighted by atomic mass is 10.1. The largest absolute Gasteiger partial charge is 0.461 e. The van der Waals surface area contributed by atoms with Gasteiger partial charge in [-0.2, -0.15) is 0 Å². The van der Waals surface area contributed by atoms with Crippen LogP contribution in [0.1, 0.15) is 23.6 Å². The molecule has 2 aromatic carbocycles. The second kappa shape index (κ2) is 14.0. The number of amides is 2. The van der Waals surface area contributed by atoms with E-state index >= 15 is 0 Å². The number of esters is 1. The molecule has 0 aromatic heterocycles. The molecule has 0 aliphatic heterocycles. The number of ether oxygens (including phenoxy) is 3. The third-order valence-electron chi connectivity index (χ3n) is 4.44. The predicted octanol–water partition coefficient (Wildman–Crippen LogP) is 4.42. The van der Waals surface area contributed by atoms with Gasteiger partial charge in [0.2, 0.25) is 0 Å². The molecule has 0 saturated heterocycles. The van der Waals surface area contributed by atoms with Gasteiger partial charge in [0.05, 0.1) is 5.69 Å². The number of rotatable bonds is 10. The van der Waals surface area contributed by atoms with Crippen molar-refractivity contribution in [2.45, 2.75) is 13.5 Å². The first-order valence-corrected chi connectivity index (χ1v) is 10.6. The Labute approximate surface area is 198 Å². The summed E-state index contributed by atoms with van der Waals surface area (Å²) in [6.45, 7) is 1.47. The lowest BCUT2D eigenvalue weighted by Gasteiger charge is -2.12. The van der Waals surface area contributed by atoms with Crippen molar-refractivity contribution in [2.75, 3.05) is 37.9 Å². The van der Waals surface area contributed by atoms with E-state index in [1.54, 1.807) is 36.4 Å². The molecule has 180 valence electrons. The SMILES string of the molecule is CNC(=O)OC/C=C/c1ccc(NC(=O)OC/C=C/c2ccc(NC)cc2)c(COC(C)=O)c1. The molecule has 0 radical (unpaired) electrons. The van der Waals surface area contributed by atoms with Crippen molar-refractivity contribution in [1.82, 2.24) is 5.32 Å². The van der Waals surface area contributed by atoms with Crippen LogP contribution < -0.4 is 16.0 Å². The molecule has 0 saturated carbocycles. The molecular formula is C25H29N3O6. The average Bonchev–Trinajstić information content (AvgIpc) is 2.84. The highest BCUT2D eigenvalue weighted by Gasteiger charge is 2.10. The van der Waals surface area contributed by atoms with Crippen LogP contribution in [0.15, 0.2) is 54.6 Å². The molecule has 0 heterocycles. The van der Waals surface area contributed by atoms with Crippen LogP contribution in [0.25, 0.3) is 12.2 Å². The van der Waals surface area contributed by atoms with Gasteiger partial charge in [-0.05, 0) is 47.5 Å². The van der Waals surface area contributed by atoms with Crippen LogP contribution >= 0.6 is 0 Å². The standard InChI is InChI=1S/C25H29N3O6/c1-18(29)34-17-21-16-20(7-5-14-32-24(30)27-3)10-13-23(21)28-25(31)33-15-4-6-19-8-11-22(26-2)12-9-19/h4-13,16,26H,14-15,17H2,1-3H3,(H,27,30)(H,28,31)/b6-4+,7-5+. The van der Waals surface area contributed by atoms with Crippen LogP contribution in [0.2, 0.25) is 0 Å². The zero-order valence-corrected chi connectivity index (χ0v) is 19.4. The van der Waals surface area contributed by atoms with Crippen LogP contribution in [0, 0.1) is 0 Å². The van der Waals surface area contributed by atoms with E-state index in [1.165, 1.54) is 14.0 Å². The Hall–Kier alpha value is -4.27. The number of carbonyl (C=O) groups excluding carboxylic acids is 3. The van der Waals surface area contributed by atoms with Crippen molar-refractivity contribution in [3.05, 3.63) is 71.3 Å². The maximum Gasteiger partial charge on any atom is 0.411 e. The van der Waals surface area contributed by atoms with E-state index in [2.05, 4.69) is 16.0 Å². The Morgan fingerprint density at radius 3 is 2.06 bits per heavy atom. The Bertz CT molecular complexity index is 1030. The fourth-order valence-corrected chi connectivity index (χ4v) is 2.73. The van der Waals surface area contributed by atoms with Crippen molar-refractivity contribution >= 4 is 41.7 Å². The minimum atomic E-state index is -0.637. The van der Waals surface area contributed by atoms with E-state index in [0.29, 0.717) is 11.3 Å². The quantitative estimate of drug-likeness (QED) is 0.350. The van der Waals surface area contributed by atoms with Crippen LogP contribution in [0.4, 0.5) is 21.0 Å². The van der Waals surface area contributed by atoms with E-state index in [-0.39, 0.29) is 19.8 Å². The highest BCUT2D eigenvalue weighted by atomic mass is 16.6. The highest BCUT2D eigenvalue weighted by molar-refractivity contribution is 5.86. The first-order valence-electron chi connectivity index (χ1n) is 10.6. The second-order valence-electron chi connectivity index (χ2n) is 6.95. The number of carbonyl (C=O) groups is 3. The number of alkyl carbamates (subject to hydrolysis) is 1. The van der Waals surface area contributed by atoms with Crippen LogP contribution in [-0.2, 0) is 25.6 Å². The zero-order valence-electron chi connectivity index (χ0n) is 19.4. The van der Waals surface area contributed by atoms with Gasteiger partial charge in [-0.1, -0.05) is 30.4 Å². The molecule has 0 spiro atoms. The lowest BCUT2D eigenvalue weighted by molar-refractivity contribution is -0.142. The van der Waals surface area contributed by atoms with Gasteiger partial charge in [-0.3, -0.25) is 10.1 Å². The normalized spacial score (nSPS) is 10.7. The molecule has 34 heavy (non-hydrogen) atoms. The summed E-state index contributed by atoms with van der Waals surface area (Å²) in [4.78, 5) is 34.6. The first-order chi connectivity index (χ1) is 16.4. The molecular weight excluding hydrogens is 438 g/mol. The van der Waals surface area contributed by atoms with Crippen molar-refractivity contribution in [1.29, 1.82) is 0 Å². The van der Waals surface area contributed by atoms with Gasteiger partial charge >= 0.3 is 18.2 Å². The Kier molecular flexibility index (Phi) is 10.7. The summed E-state index contributed by atoms with van der Waals surface area (Å²) in [6.07, 6.45) is 5.84. The fourth-order valence-electron chi connectivity index (χ4n) is 2.73. The monoisotopic (exact) mass is 467 g/mol. The second-order valence-corrected chi connectivity index (χ2v) is 6.95. The Morgan fingerprint density at radius 1 is 0.824 bits per heavy atom. The van der Waals surface area contributed by atoms with E-state index < -0.39 is 18.2 Å². The molecule has 0 bridgehead atoms. The fraction of sp³-hybridized carbons (Fsp3) is 0.240. The Balaban J connectivity index is 1.96. The van der Waals surface area contributed by atoms with Crippen molar-refractivity contribution in [3.8, 4) is 0 Å². The molecule has 0 fully saturated rings. The van der Waals surface area contributed by atoms with Crippen LogP contribution in [-0.4, -0.2) is 45.5 Å². The molecule has 0 atom stereocenters. The molecule has 0 unspecified atom stereocenters. The van der Waals surface area contributed by atoms with Crippen molar-refractivity contribution in [2.24, 2.45) is 0 Å². The summed E-state index contributed by atoms with van der Waals surface area (Å²) >= 11 is 0. The van der Waals surface area contributed by atoms with E-state index in [4.69, 9.17) is 14.2 Å². The zero-order chi connectivity index (χ0) is 24.8.